The van der Waals surface area contributed by atoms with Crippen molar-refractivity contribution >= 4 is 11.9 Å². The lowest BCUT2D eigenvalue weighted by atomic mass is 9.96. The molecule has 1 unspecified atom stereocenters. The van der Waals surface area contributed by atoms with Crippen molar-refractivity contribution < 1.29 is 9.53 Å². The summed E-state index contributed by atoms with van der Waals surface area (Å²) in [6, 6.07) is 14.4. The molecule has 0 bridgehead atoms. The summed E-state index contributed by atoms with van der Waals surface area (Å²) in [5.41, 5.74) is 2.11. The third-order valence-corrected chi connectivity index (χ3v) is 5.06. The van der Waals surface area contributed by atoms with E-state index in [1.54, 1.807) is 0 Å². The van der Waals surface area contributed by atoms with E-state index in [4.69, 9.17) is 4.74 Å². The molecular weight excluding hydrogens is 326 g/mol. The number of nitrogens with zero attached hydrogens (tertiary/aromatic N) is 2. The van der Waals surface area contributed by atoms with Crippen molar-refractivity contribution in [3.63, 3.8) is 0 Å². The summed E-state index contributed by atoms with van der Waals surface area (Å²) in [6.07, 6.45) is 7.06. The van der Waals surface area contributed by atoms with Gasteiger partial charge in [0.2, 0.25) is 0 Å². The Hall–Kier alpha value is -2.56. The molecule has 5 nitrogen and oxygen atoms in total. The highest BCUT2D eigenvalue weighted by atomic mass is 16.6. The van der Waals surface area contributed by atoms with Crippen molar-refractivity contribution in [1.82, 2.24) is 9.88 Å². The summed E-state index contributed by atoms with van der Waals surface area (Å²) in [7, 11) is 0. The van der Waals surface area contributed by atoms with Crippen LogP contribution in [0.25, 0.3) is 0 Å². The minimum atomic E-state index is -0.236. The average molecular weight is 351 g/mol. The second kappa shape index (κ2) is 7.77. The number of ether oxygens (including phenoxy) is 1. The van der Waals surface area contributed by atoms with Crippen LogP contribution in [0.2, 0.25) is 0 Å². The lowest BCUT2D eigenvalue weighted by molar-refractivity contribution is 0.0680. The fourth-order valence-electron chi connectivity index (χ4n) is 3.50. The minimum absolute atomic E-state index is 0.0296. The van der Waals surface area contributed by atoms with E-state index in [2.05, 4.69) is 16.4 Å². The number of piperidine rings is 1. The number of likely N-dealkylation sites (tertiary alicyclic amines) is 1. The van der Waals surface area contributed by atoms with Gasteiger partial charge >= 0.3 is 6.09 Å². The first-order valence-electron chi connectivity index (χ1n) is 9.50. The molecule has 1 aromatic heterocycles. The molecule has 2 aromatic rings. The number of carbonyl (C=O) groups excluding carboxylic acids is 1. The number of benzene rings is 1. The number of pyridine rings is 1. The zero-order valence-corrected chi connectivity index (χ0v) is 14.9. The molecule has 1 saturated heterocycles. The standard InChI is InChI=1S/C21H25N3O2/c25-21(26-15-16-7-2-1-3-8-16)24-14-5-4-10-19(24)18-9-6-13-22-20(18)23-17-11-12-17/h1-3,6-9,13,17,19H,4-5,10-12,14-15H2,(H,22,23). The van der Waals surface area contributed by atoms with Crippen molar-refractivity contribution in [2.24, 2.45) is 0 Å². The fourth-order valence-corrected chi connectivity index (χ4v) is 3.50. The number of nitrogens with one attached hydrogen (secondary N) is 1. The molecular formula is C21H25N3O2. The Kier molecular flexibility index (Phi) is 5.04. The normalized spacial score (nSPS) is 19.8. The van der Waals surface area contributed by atoms with Gasteiger partial charge < -0.3 is 15.0 Å². The quantitative estimate of drug-likeness (QED) is 0.860. The minimum Gasteiger partial charge on any atom is -0.445 e. The summed E-state index contributed by atoms with van der Waals surface area (Å²) in [4.78, 5) is 19.2. The number of amides is 1. The molecule has 1 N–H and O–H groups in total. The first kappa shape index (κ1) is 16.9. The second-order valence-corrected chi connectivity index (χ2v) is 7.11. The van der Waals surface area contributed by atoms with Crippen LogP contribution in [-0.4, -0.2) is 28.6 Å². The van der Waals surface area contributed by atoms with Crippen molar-refractivity contribution in [2.45, 2.75) is 50.8 Å². The van der Waals surface area contributed by atoms with Crippen LogP contribution in [0.5, 0.6) is 0 Å². The highest BCUT2D eigenvalue weighted by Crippen LogP contribution is 2.36. The molecule has 1 amide bonds. The molecule has 2 aliphatic rings. The molecule has 0 spiro atoms. The maximum atomic E-state index is 12.8. The number of anilines is 1. The van der Waals surface area contributed by atoms with Gasteiger partial charge in [0.25, 0.3) is 0 Å². The van der Waals surface area contributed by atoms with E-state index in [9.17, 15) is 4.79 Å². The topological polar surface area (TPSA) is 54.5 Å². The Bertz CT molecular complexity index is 746. The SMILES string of the molecule is O=C(OCc1ccccc1)N1CCCCC1c1cccnc1NC1CC1. The van der Waals surface area contributed by atoms with Crippen LogP contribution in [0.3, 0.4) is 0 Å². The number of hydrogen-bond donors (Lipinski definition) is 1. The summed E-state index contributed by atoms with van der Waals surface area (Å²) in [6.45, 7) is 1.04. The van der Waals surface area contributed by atoms with Crippen molar-refractivity contribution in [3.05, 3.63) is 59.8 Å². The first-order valence-corrected chi connectivity index (χ1v) is 9.50. The molecule has 0 radical (unpaired) electrons. The smallest absolute Gasteiger partial charge is 0.410 e. The third-order valence-electron chi connectivity index (χ3n) is 5.06. The van der Waals surface area contributed by atoms with Crippen molar-refractivity contribution in [2.75, 3.05) is 11.9 Å². The molecule has 1 aliphatic heterocycles. The Balaban J connectivity index is 1.48. The molecule has 1 aromatic carbocycles. The van der Waals surface area contributed by atoms with Gasteiger partial charge in [-0.15, -0.1) is 0 Å². The van der Waals surface area contributed by atoms with E-state index in [0.717, 1.165) is 42.8 Å². The van der Waals surface area contributed by atoms with E-state index < -0.39 is 0 Å². The number of hydrogen-bond acceptors (Lipinski definition) is 4. The zero-order valence-electron chi connectivity index (χ0n) is 14.9. The Labute approximate surface area is 154 Å². The Morgan fingerprint density at radius 3 is 2.77 bits per heavy atom. The summed E-state index contributed by atoms with van der Waals surface area (Å²) in [5, 5.41) is 3.51. The van der Waals surface area contributed by atoms with Crippen LogP contribution in [-0.2, 0) is 11.3 Å². The molecule has 136 valence electrons. The van der Waals surface area contributed by atoms with E-state index in [0.29, 0.717) is 12.6 Å². The van der Waals surface area contributed by atoms with Crippen LogP contribution in [0.15, 0.2) is 48.7 Å². The first-order chi connectivity index (χ1) is 12.8. The Morgan fingerprint density at radius 2 is 1.96 bits per heavy atom. The highest BCUT2D eigenvalue weighted by Gasteiger charge is 2.32. The molecule has 1 saturated carbocycles. The van der Waals surface area contributed by atoms with Gasteiger partial charge in [0, 0.05) is 24.3 Å². The maximum absolute atomic E-state index is 12.8. The van der Waals surface area contributed by atoms with Gasteiger partial charge in [-0.2, -0.15) is 0 Å². The van der Waals surface area contributed by atoms with Gasteiger partial charge in [-0.1, -0.05) is 36.4 Å². The number of carbonyl (C=O) groups is 1. The van der Waals surface area contributed by atoms with Gasteiger partial charge in [0.15, 0.2) is 0 Å². The van der Waals surface area contributed by atoms with Crippen LogP contribution < -0.4 is 5.32 Å². The summed E-state index contributed by atoms with van der Waals surface area (Å²) >= 11 is 0. The third kappa shape index (κ3) is 3.98. The van der Waals surface area contributed by atoms with Gasteiger partial charge in [-0.3, -0.25) is 0 Å². The summed E-state index contributed by atoms with van der Waals surface area (Å²) < 4.78 is 5.60. The van der Waals surface area contributed by atoms with Gasteiger partial charge in [-0.25, -0.2) is 9.78 Å². The molecule has 5 heteroatoms. The molecule has 2 fully saturated rings. The summed E-state index contributed by atoms with van der Waals surface area (Å²) in [5.74, 6) is 0.919. The van der Waals surface area contributed by atoms with Crippen LogP contribution in [0, 0.1) is 0 Å². The molecule has 4 rings (SSSR count). The monoisotopic (exact) mass is 351 g/mol. The highest BCUT2D eigenvalue weighted by molar-refractivity contribution is 5.69. The van der Waals surface area contributed by atoms with Crippen LogP contribution in [0.4, 0.5) is 10.6 Å². The fraction of sp³-hybridized carbons (Fsp3) is 0.429. The maximum Gasteiger partial charge on any atom is 0.410 e. The average Bonchev–Trinajstić information content (AvgIpc) is 3.51. The lowest BCUT2D eigenvalue weighted by Crippen LogP contribution is -2.39. The molecule has 1 atom stereocenters. The zero-order chi connectivity index (χ0) is 17.8. The lowest BCUT2D eigenvalue weighted by Gasteiger charge is -2.35. The predicted molar refractivity (Wildman–Crippen MR) is 101 cm³/mol. The molecule has 26 heavy (non-hydrogen) atoms. The number of aromatic nitrogens is 1. The van der Waals surface area contributed by atoms with Gasteiger partial charge in [0.1, 0.15) is 12.4 Å². The van der Waals surface area contributed by atoms with Gasteiger partial charge in [0.05, 0.1) is 6.04 Å². The van der Waals surface area contributed by atoms with Crippen molar-refractivity contribution in [1.29, 1.82) is 0 Å². The van der Waals surface area contributed by atoms with Crippen LogP contribution >= 0.6 is 0 Å². The molecule has 2 heterocycles. The second-order valence-electron chi connectivity index (χ2n) is 7.11. The number of rotatable bonds is 5. The van der Waals surface area contributed by atoms with E-state index in [1.165, 1.54) is 12.8 Å². The predicted octanol–water partition coefficient (Wildman–Crippen LogP) is 4.52. The van der Waals surface area contributed by atoms with Gasteiger partial charge in [-0.05, 0) is 43.7 Å². The van der Waals surface area contributed by atoms with Crippen LogP contribution in [0.1, 0.15) is 49.3 Å². The van der Waals surface area contributed by atoms with Crippen molar-refractivity contribution in [3.8, 4) is 0 Å². The van der Waals surface area contributed by atoms with E-state index in [1.807, 2.05) is 47.5 Å². The molecule has 1 aliphatic carbocycles. The Morgan fingerprint density at radius 1 is 1.12 bits per heavy atom. The van der Waals surface area contributed by atoms with E-state index in [-0.39, 0.29) is 12.1 Å². The van der Waals surface area contributed by atoms with E-state index >= 15 is 0 Å². The largest absolute Gasteiger partial charge is 0.445 e.